The molecule has 6 nitrogen and oxygen atoms in total. The van der Waals surface area contributed by atoms with Gasteiger partial charge in [-0.05, 0) is 19.3 Å². The molecule has 2 aliphatic rings. The zero-order valence-corrected chi connectivity index (χ0v) is 9.63. The van der Waals surface area contributed by atoms with Crippen LogP contribution in [-0.2, 0) is 19.1 Å². The number of aliphatic carboxylic acids is 1. The van der Waals surface area contributed by atoms with Crippen molar-refractivity contribution in [2.24, 2.45) is 0 Å². The highest BCUT2D eigenvalue weighted by molar-refractivity contribution is 5.85. The molecule has 0 bridgehead atoms. The van der Waals surface area contributed by atoms with Crippen LogP contribution in [0.15, 0.2) is 0 Å². The Morgan fingerprint density at radius 2 is 2.29 bits per heavy atom. The van der Waals surface area contributed by atoms with Crippen molar-refractivity contribution >= 4 is 11.9 Å². The largest absolute Gasteiger partial charge is 0.480 e. The van der Waals surface area contributed by atoms with Gasteiger partial charge in [-0.3, -0.25) is 4.79 Å². The Bertz CT molecular complexity index is 300. The number of carboxylic acids is 1. The van der Waals surface area contributed by atoms with Gasteiger partial charge in [-0.1, -0.05) is 0 Å². The predicted molar refractivity (Wildman–Crippen MR) is 57.5 cm³/mol. The summed E-state index contributed by atoms with van der Waals surface area (Å²) in [5.74, 6) is -1.29. The second kappa shape index (κ2) is 5.46. The number of hydrogen-bond acceptors (Lipinski definition) is 4. The number of carboxylic acid groups (broad SMARTS) is 1. The van der Waals surface area contributed by atoms with Crippen LogP contribution in [0.2, 0.25) is 0 Å². The maximum atomic E-state index is 11.7. The second-order valence-corrected chi connectivity index (χ2v) is 4.40. The van der Waals surface area contributed by atoms with Crippen molar-refractivity contribution in [3.05, 3.63) is 0 Å². The summed E-state index contributed by atoms with van der Waals surface area (Å²) in [4.78, 5) is 24.1. The lowest BCUT2D eigenvalue weighted by molar-refractivity contribution is -0.165. The fraction of sp³-hybridized carbons (Fsp3) is 0.818. The highest BCUT2D eigenvalue weighted by atomic mass is 16.5. The summed E-state index contributed by atoms with van der Waals surface area (Å²) in [6, 6.07) is -0.873. The van der Waals surface area contributed by atoms with E-state index in [4.69, 9.17) is 14.6 Å². The SMILES string of the molecule is O=C(O)C1COCC(=O)N1CC1CCCCO1. The molecule has 0 aromatic heterocycles. The lowest BCUT2D eigenvalue weighted by Gasteiger charge is -2.36. The highest BCUT2D eigenvalue weighted by Crippen LogP contribution is 2.17. The molecule has 1 amide bonds. The summed E-state index contributed by atoms with van der Waals surface area (Å²) < 4.78 is 10.5. The second-order valence-electron chi connectivity index (χ2n) is 4.40. The van der Waals surface area contributed by atoms with Gasteiger partial charge in [0.05, 0.1) is 12.7 Å². The predicted octanol–water partition coefficient (Wildman–Crippen LogP) is -0.133. The van der Waals surface area contributed by atoms with Gasteiger partial charge >= 0.3 is 5.97 Å². The van der Waals surface area contributed by atoms with Crippen molar-refractivity contribution < 1.29 is 24.2 Å². The van der Waals surface area contributed by atoms with Gasteiger partial charge in [0, 0.05) is 13.2 Å². The molecule has 0 aromatic carbocycles. The Morgan fingerprint density at radius 3 is 2.94 bits per heavy atom. The van der Waals surface area contributed by atoms with E-state index in [1.807, 2.05) is 0 Å². The topological polar surface area (TPSA) is 76.1 Å². The van der Waals surface area contributed by atoms with Crippen LogP contribution in [0.3, 0.4) is 0 Å². The van der Waals surface area contributed by atoms with E-state index >= 15 is 0 Å². The first-order valence-electron chi connectivity index (χ1n) is 5.90. The third kappa shape index (κ3) is 2.95. The third-order valence-electron chi connectivity index (χ3n) is 3.16. The summed E-state index contributed by atoms with van der Waals surface area (Å²) in [6.45, 7) is 1.09. The Balaban J connectivity index is 1.98. The van der Waals surface area contributed by atoms with Crippen molar-refractivity contribution in [1.82, 2.24) is 4.90 Å². The first-order valence-corrected chi connectivity index (χ1v) is 5.90. The lowest BCUT2D eigenvalue weighted by Crippen LogP contribution is -2.55. The molecule has 6 heteroatoms. The molecule has 0 saturated carbocycles. The van der Waals surface area contributed by atoms with Crippen molar-refractivity contribution in [2.45, 2.75) is 31.4 Å². The molecule has 2 fully saturated rings. The van der Waals surface area contributed by atoms with Gasteiger partial charge in [0.2, 0.25) is 5.91 Å². The Labute approximate surface area is 99.5 Å². The van der Waals surface area contributed by atoms with E-state index in [9.17, 15) is 9.59 Å². The van der Waals surface area contributed by atoms with Crippen LogP contribution < -0.4 is 0 Å². The van der Waals surface area contributed by atoms with Gasteiger partial charge in [0.15, 0.2) is 6.04 Å². The van der Waals surface area contributed by atoms with E-state index in [-0.39, 0.29) is 25.2 Å². The van der Waals surface area contributed by atoms with Gasteiger partial charge in [-0.2, -0.15) is 0 Å². The maximum absolute atomic E-state index is 11.7. The van der Waals surface area contributed by atoms with Gasteiger partial charge in [0.25, 0.3) is 0 Å². The number of rotatable bonds is 3. The van der Waals surface area contributed by atoms with Gasteiger partial charge in [-0.25, -0.2) is 4.79 Å². The zero-order chi connectivity index (χ0) is 12.3. The molecule has 2 saturated heterocycles. The van der Waals surface area contributed by atoms with Gasteiger partial charge in [0.1, 0.15) is 6.61 Å². The fourth-order valence-corrected chi connectivity index (χ4v) is 2.21. The van der Waals surface area contributed by atoms with Crippen LogP contribution in [0, 0.1) is 0 Å². The Hall–Kier alpha value is -1.14. The molecule has 2 rings (SSSR count). The number of hydrogen-bond donors (Lipinski definition) is 1. The zero-order valence-electron chi connectivity index (χ0n) is 9.63. The van der Waals surface area contributed by atoms with Crippen LogP contribution in [0.1, 0.15) is 19.3 Å². The highest BCUT2D eigenvalue weighted by Gasteiger charge is 2.35. The lowest BCUT2D eigenvalue weighted by atomic mass is 10.1. The molecule has 2 aliphatic heterocycles. The number of morpholine rings is 1. The molecule has 2 atom stereocenters. The number of nitrogens with zero attached hydrogens (tertiary/aromatic N) is 1. The van der Waals surface area contributed by atoms with Crippen LogP contribution in [-0.4, -0.2) is 60.4 Å². The van der Waals surface area contributed by atoms with Crippen molar-refractivity contribution in [3.8, 4) is 0 Å². The van der Waals surface area contributed by atoms with Gasteiger partial charge < -0.3 is 19.5 Å². The van der Waals surface area contributed by atoms with Crippen molar-refractivity contribution in [3.63, 3.8) is 0 Å². The molecule has 0 radical (unpaired) electrons. The molecule has 0 aromatic rings. The standard InChI is InChI=1S/C11H17NO5/c13-10-7-16-6-9(11(14)15)12(10)5-8-3-1-2-4-17-8/h8-9H,1-7H2,(H,14,15). The van der Waals surface area contributed by atoms with E-state index in [1.54, 1.807) is 0 Å². The molecule has 0 aliphatic carbocycles. The molecular formula is C11H17NO5. The first kappa shape index (κ1) is 12.3. The monoisotopic (exact) mass is 243 g/mol. The van der Waals surface area contributed by atoms with E-state index in [0.29, 0.717) is 13.2 Å². The molecule has 2 unspecified atom stereocenters. The summed E-state index contributed by atoms with van der Waals surface area (Å²) in [6.07, 6.45) is 2.96. The average molecular weight is 243 g/mol. The number of ether oxygens (including phenoxy) is 2. The van der Waals surface area contributed by atoms with Crippen molar-refractivity contribution in [2.75, 3.05) is 26.4 Å². The minimum Gasteiger partial charge on any atom is -0.480 e. The first-order chi connectivity index (χ1) is 8.18. The smallest absolute Gasteiger partial charge is 0.328 e. The van der Waals surface area contributed by atoms with E-state index in [2.05, 4.69) is 0 Å². The van der Waals surface area contributed by atoms with Gasteiger partial charge in [-0.15, -0.1) is 0 Å². The van der Waals surface area contributed by atoms with E-state index < -0.39 is 12.0 Å². The summed E-state index contributed by atoms with van der Waals surface area (Å²) in [7, 11) is 0. The normalized spacial score (nSPS) is 30.4. The number of amides is 1. The summed E-state index contributed by atoms with van der Waals surface area (Å²) in [5.41, 5.74) is 0. The minimum absolute atomic E-state index is 0.0313. The number of carbonyl (C=O) groups is 2. The molecule has 2 heterocycles. The molecular weight excluding hydrogens is 226 g/mol. The van der Waals surface area contributed by atoms with Crippen LogP contribution in [0.4, 0.5) is 0 Å². The van der Waals surface area contributed by atoms with Crippen LogP contribution in [0.5, 0.6) is 0 Å². The maximum Gasteiger partial charge on any atom is 0.328 e. The molecule has 17 heavy (non-hydrogen) atoms. The van der Waals surface area contributed by atoms with E-state index in [0.717, 1.165) is 19.3 Å². The summed E-state index contributed by atoms with van der Waals surface area (Å²) in [5, 5.41) is 9.04. The summed E-state index contributed by atoms with van der Waals surface area (Å²) >= 11 is 0. The van der Waals surface area contributed by atoms with Crippen LogP contribution in [0.25, 0.3) is 0 Å². The molecule has 0 spiro atoms. The minimum atomic E-state index is -1.02. The van der Waals surface area contributed by atoms with Crippen LogP contribution >= 0.6 is 0 Å². The molecule has 96 valence electrons. The van der Waals surface area contributed by atoms with E-state index in [1.165, 1.54) is 4.90 Å². The Kier molecular flexibility index (Phi) is 3.96. The van der Waals surface area contributed by atoms with Crippen molar-refractivity contribution in [1.29, 1.82) is 0 Å². The third-order valence-corrected chi connectivity index (χ3v) is 3.16. The average Bonchev–Trinajstić information content (AvgIpc) is 2.33. The number of carbonyl (C=O) groups excluding carboxylic acids is 1. The Morgan fingerprint density at radius 1 is 1.47 bits per heavy atom. The quantitative estimate of drug-likeness (QED) is 0.747. The fourth-order valence-electron chi connectivity index (χ4n) is 2.21. The molecule has 1 N–H and O–H groups in total.